The van der Waals surface area contributed by atoms with Crippen molar-refractivity contribution in [2.24, 2.45) is 0 Å². The van der Waals surface area contributed by atoms with Crippen LogP contribution in [0.3, 0.4) is 0 Å². The van der Waals surface area contributed by atoms with Gasteiger partial charge >= 0.3 is 0 Å². The topological polar surface area (TPSA) is 7.12 Å². The maximum atomic E-state index is 4.33. The first-order valence-corrected chi connectivity index (χ1v) is 8.94. The molecule has 0 amide bonds. The molecule has 0 spiro atoms. The Morgan fingerprint density at radius 1 is 1.09 bits per heavy atom. The van der Waals surface area contributed by atoms with Gasteiger partial charge in [-0.1, -0.05) is 18.2 Å². The zero-order valence-corrected chi connectivity index (χ0v) is 15.3. The molecule has 0 aliphatic heterocycles. The van der Waals surface area contributed by atoms with Crippen LogP contribution in [0.15, 0.2) is 48.8 Å². The lowest BCUT2D eigenvalue weighted by atomic mass is 10.1. The van der Waals surface area contributed by atoms with Gasteiger partial charge in [0.15, 0.2) is 12.4 Å². The quantitative estimate of drug-likeness (QED) is 0.588. The highest BCUT2D eigenvalue weighted by Crippen LogP contribution is 2.20. The van der Waals surface area contributed by atoms with E-state index in [-0.39, 0.29) is 0 Å². The van der Waals surface area contributed by atoms with Gasteiger partial charge in [0.1, 0.15) is 6.54 Å². The normalized spacial score (nSPS) is 11.6. The second-order valence-corrected chi connectivity index (χ2v) is 6.09. The summed E-state index contributed by atoms with van der Waals surface area (Å²) >= 11 is 4.33. The second-order valence-electron chi connectivity index (χ2n) is 5.64. The van der Waals surface area contributed by atoms with Crippen LogP contribution in [0.4, 0.5) is 5.69 Å². The number of hydrogen-bond donors (Lipinski definition) is 1. The Hall–Kier alpha value is -1.74. The second kappa shape index (κ2) is 8.78. The number of anilines is 1. The van der Waals surface area contributed by atoms with E-state index in [1.54, 1.807) is 0 Å². The lowest BCUT2D eigenvalue weighted by molar-refractivity contribution is -0.693. The highest BCUT2D eigenvalue weighted by Gasteiger charge is 2.03. The molecule has 122 valence electrons. The summed E-state index contributed by atoms with van der Waals surface area (Å²) in [5, 5.41) is 0. The lowest BCUT2D eigenvalue weighted by Crippen LogP contribution is -2.30. The predicted octanol–water partition coefficient (Wildman–Crippen LogP) is 4.31. The molecule has 0 N–H and O–H groups in total. The Balaban J connectivity index is 2.14. The van der Waals surface area contributed by atoms with Crippen molar-refractivity contribution >= 4 is 30.0 Å². The van der Waals surface area contributed by atoms with Crippen LogP contribution in [0.1, 0.15) is 31.9 Å². The molecule has 0 saturated heterocycles. The molecule has 1 heterocycles. The fourth-order valence-electron chi connectivity index (χ4n) is 2.64. The van der Waals surface area contributed by atoms with Crippen molar-refractivity contribution in [3.8, 4) is 0 Å². The molecular weight excluding hydrogens is 300 g/mol. The summed E-state index contributed by atoms with van der Waals surface area (Å²) in [6, 6.07) is 13.1. The summed E-state index contributed by atoms with van der Waals surface area (Å²) in [7, 11) is 0. The van der Waals surface area contributed by atoms with Crippen LogP contribution in [-0.4, -0.2) is 18.8 Å². The van der Waals surface area contributed by atoms with Crippen molar-refractivity contribution in [2.45, 2.75) is 27.3 Å². The average molecular weight is 328 g/mol. The fraction of sp³-hybridized carbons (Fsp3) is 0.350. The number of aromatic nitrogens is 1. The maximum absolute atomic E-state index is 4.33. The minimum atomic E-state index is 0.875. The van der Waals surface area contributed by atoms with Crippen LogP contribution in [0.5, 0.6) is 0 Å². The van der Waals surface area contributed by atoms with Crippen molar-refractivity contribution in [2.75, 3.05) is 23.7 Å². The van der Waals surface area contributed by atoms with E-state index < -0.39 is 0 Å². The van der Waals surface area contributed by atoms with Crippen molar-refractivity contribution in [1.29, 1.82) is 0 Å². The first-order valence-electron chi connectivity index (χ1n) is 8.31. The molecule has 2 nitrogen and oxygen atoms in total. The van der Waals surface area contributed by atoms with Crippen LogP contribution in [0.25, 0.3) is 11.6 Å². The zero-order valence-electron chi connectivity index (χ0n) is 14.4. The number of aryl methyl sites for hydroxylation is 1. The molecule has 1 aromatic carbocycles. The summed E-state index contributed by atoms with van der Waals surface area (Å²) in [6.07, 6.45) is 6.50. The Labute approximate surface area is 145 Å². The minimum absolute atomic E-state index is 0.875. The van der Waals surface area contributed by atoms with Gasteiger partial charge in [-0.2, -0.15) is 12.6 Å². The van der Waals surface area contributed by atoms with Crippen LogP contribution < -0.4 is 9.47 Å². The number of rotatable bonds is 7. The number of thiol groups is 1. The molecule has 0 aliphatic rings. The van der Waals surface area contributed by atoms with Crippen molar-refractivity contribution in [3.63, 3.8) is 0 Å². The van der Waals surface area contributed by atoms with Crippen molar-refractivity contribution < 1.29 is 4.57 Å². The number of benzene rings is 1. The van der Waals surface area contributed by atoms with E-state index in [1.165, 1.54) is 22.4 Å². The smallest absolute Gasteiger partial charge is 0.169 e. The minimum Gasteiger partial charge on any atom is -0.371 e. The van der Waals surface area contributed by atoms with Crippen molar-refractivity contribution in [1.82, 2.24) is 0 Å². The number of hydrogen-bond acceptors (Lipinski definition) is 2. The molecule has 0 unspecified atom stereocenters. The van der Waals surface area contributed by atoms with Crippen LogP contribution in [-0.2, 0) is 6.54 Å². The molecular formula is C20H27N2S+. The first-order chi connectivity index (χ1) is 11.2. The Kier molecular flexibility index (Phi) is 6.72. The summed E-state index contributed by atoms with van der Waals surface area (Å²) < 4.78 is 2.17. The maximum Gasteiger partial charge on any atom is 0.169 e. The summed E-state index contributed by atoms with van der Waals surface area (Å²) in [5.41, 5.74) is 5.05. The first kappa shape index (κ1) is 17.6. The summed E-state index contributed by atoms with van der Waals surface area (Å²) in [4.78, 5) is 2.34. The van der Waals surface area contributed by atoms with Crippen LogP contribution in [0.2, 0.25) is 0 Å². The molecule has 2 aromatic rings. The third-order valence-electron chi connectivity index (χ3n) is 4.10. The highest BCUT2D eigenvalue weighted by molar-refractivity contribution is 7.80. The molecule has 1 aromatic heterocycles. The van der Waals surface area contributed by atoms with Crippen molar-refractivity contribution in [3.05, 3.63) is 59.9 Å². The molecule has 2 rings (SSSR count). The fourth-order valence-corrected chi connectivity index (χ4v) is 2.88. The standard InChI is InChI=1S/C20H26N2S/c1-4-21-12-10-19(11-13-21)17(3)16-18-6-8-20(9-7-18)22(5-2)14-15-23/h6-13,16H,4-5,14-15H2,1-3H3/p+1. The van der Waals surface area contributed by atoms with E-state index in [1.807, 2.05) is 0 Å². The Morgan fingerprint density at radius 2 is 1.74 bits per heavy atom. The molecule has 0 saturated carbocycles. The van der Waals surface area contributed by atoms with E-state index in [0.717, 1.165) is 25.4 Å². The molecule has 0 atom stereocenters. The zero-order chi connectivity index (χ0) is 16.7. The highest BCUT2D eigenvalue weighted by atomic mass is 32.1. The van der Waals surface area contributed by atoms with Gasteiger partial charge < -0.3 is 4.90 Å². The van der Waals surface area contributed by atoms with Crippen LogP contribution in [0, 0.1) is 0 Å². The number of allylic oxidation sites excluding steroid dienone is 1. The molecule has 0 aliphatic carbocycles. The summed E-state index contributed by atoms with van der Waals surface area (Å²) in [5.74, 6) is 0.875. The van der Waals surface area contributed by atoms with E-state index in [0.29, 0.717) is 0 Å². The van der Waals surface area contributed by atoms with E-state index in [4.69, 9.17) is 0 Å². The predicted molar refractivity (Wildman–Crippen MR) is 104 cm³/mol. The van der Waals surface area contributed by atoms with Gasteiger partial charge in [0.05, 0.1) is 0 Å². The Bertz CT molecular complexity index is 630. The van der Waals surface area contributed by atoms with Crippen LogP contribution >= 0.6 is 12.6 Å². The van der Waals surface area contributed by atoms with Gasteiger partial charge in [0, 0.05) is 36.7 Å². The lowest BCUT2D eigenvalue weighted by Gasteiger charge is -2.22. The third-order valence-corrected chi connectivity index (χ3v) is 4.30. The molecule has 23 heavy (non-hydrogen) atoms. The molecule has 0 fully saturated rings. The van der Waals surface area contributed by atoms with Gasteiger partial charge in [0.25, 0.3) is 0 Å². The van der Waals surface area contributed by atoms with E-state index in [9.17, 15) is 0 Å². The SMILES string of the molecule is CCN(CCS)c1ccc(/C=C(\C)c2cc[n+](CC)cc2)cc1. The van der Waals surface area contributed by atoms with E-state index >= 15 is 0 Å². The van der Waals surface area contributed by atoms with Gasteiger partial charge in [-0.3, -0.25) is 0 Å². The van der Waals surface area contributed by atoms with Gasteiger partial charge in [-0.15, -0.1) is 0 Å². The van der Waals surface area contributed by atoms with E-state index in [2.05, 4.69) is 97.7 Å². The van der Waals surface area contributed by atoms with Gasteiger partial charge in [0.2, 0.25) is 0 Å². The summed E-state index contributed by atoms with van der Waals surface area (Å²) in [6.45, 7) is 9.49. The van der Waals surface area contributed by atoms with Gasteiger partial charge in [-0.25, -0.2) is 4.57 Å². The third kappa shape index (κ3) is 4.87. The molecule has 0 radical (unpaired) electrons. The monoisotopic (exact) mass is 327 g/mol. The largest absolute Gasteiger partial charge is 0.371 e. The molecule has 3 heteroatoms. The number of nitrogens with zero attached hydrogens (tertiary/aromatic N) is 2. The number of pyridine rings is 1. The Morgan fingerprint density at radius 3 is 2.26 bits per heavy atom. The van der Waals surface area contributed by atoms with Gasteiger partial charge in [-0.05, 0) is 49.6 Å². The molecule has 0 bridgehead atoms. The average Bonchev–Trinajstić information content (AvgIpc) is 2.60.